The average Bonchev–Trinajstić information content (AvgIpc) is 2.54. The summed E-state index contributed by atoms with van der Waals surface area (Å²) in [6.45, 7) is 6.95. The van der Waals surface area contributed by atoms with E-state index in [1.54, 1.807) is 16.8 Å². The van der Waals surface area contributed by atoms with Crippen LogP contribution in [0.5, 0.6) is 0 Å². The molecular formula is C19H30N2. The zero-order valence-electron chi connectivity index (χ0n) is 13.7. The van der Waals surface area contributed by atoms with Gasteiger partial charge in [-0.3, -0.25) is 0 Å². The molecule has 0 spiro atoms. The third-order valence-corrected chi connectivity index (χ3v) is 5.29. The van der Waals surface area contributed by atoms with Crippen molar-refractivity contribution in [3.63, 3.8) is 0 Å². The van der Waals surface area contributed by atoms with Crippen molar-refractivity contribution in [3.05, 3.63) is 29.3 Å². The highest BCUT2D eigenvalue weighted by Crippen LogP contribution is 2.33. The quantitative estimate of drug-likeness (QED) is 0.902. The summed E-state index contributed by atoms with van der Waals surface area (Å²) in [5.41, 5.74) is 4.81. The number of piperazine rings is 1. The third kappa shape index (κ3) is 3.11. The third-order valence-electron chi connectivity index (χ3n) is 5.29. The number of rotatable bonds is 4. The van der Waals surface area contributed by atoms with E-state index >= 15 is 0 Å². The van der Waals surface area contributed by atoms with Crippen LogP contribution >= 0.6 is 0 Å². The molecule has 3 rings (SSSR count). The lowest BCUT2D eigenvalue weighted by molar-refractivity contribution is 0.368. The molecule has 2 aliphatic rings. The van der Waals surface area contributed by atoms with Crippen molar-refractivity contribution in [1.29, 1.82) is 0 Å². The highest BCUT2D eigenvalue weighted by Gasteiger charge is 2.28. The molecule has 2 atom stereocenters. The van der Waals surface area contributed by atoms with Crippen LogP contribution in [0.3, 0.4) is 0 Å². The number of hydrogen-bond acceptors (Lipinski definition) is 2. The van der Waals surface area contributed by atoms with Gasteiger partial charge in [0, 0.05) is 30.9 Å². The molecule has 1 heterocycles. The van der Waals surface area contributed by atoms with Crippen LogP contribution in [0, 0.1) is 0 Å². The van der Waals surface area contributed by atoms with Gasteiger partial charge >= 0.3 is 0 Å². The molecule has 1 aliphatic carbocycles. The molecule has 1 saturated heterocycles. The molecule has 0 bridgehead atoms. The highest BCUT2D eigenvalue weighted by atomic mass is 15.2. The summed E-state index contributed by atoms with van der Waals surface area (Å²) in [6.07, 6.45) is 9.10. The topological polar surface area (TPSA) is 15.3 Å². The van der Waals surface area contributed by atoms with E-state index in [1.165, 1.54) is 51.5 Å². The Bertz CT molecular complexity index is 469. The van der Waals surface area contributed by atoms with Gasteiger partial charge in [0.05, 0.1) is 0 Å². The maximum absolute atomic E-state index is 3.76. The minimum atomic E-state index is 0.659. The molecule has 1 fully saturated rings. The maximum Gasteiger partial charge on any atom is 0.0412 e. The Hall–Kier alpha value is -1.02. The van der Waals surface area contributed by atoms with Crippen molar-refractivity contribution in [2.75, 3.05) is 18.0 Å². The van der Waals surface area contributed by atoms with Gasteiger partial charge in [0.15, 0.2) is 0 Å². The van der Waals surface area contributed by atoms with Gasteiger partial charge in [0.2, 0.25) is 0 Å². The van der Waals surface area contributed by atoms with E-state index in [0.717, 1.165) is 6.54 Å². The summed E-state index contributed by atoms with van der Waals surface area (Å²) < 4.78 is 0. The van der Waals surface area contributed by atoms with E-state index in [4.69, 9.17) is 0 Å². The van der Waals surface area contributed by atoms with E-state index in [0.29, 0.717) is 12.1 Å². The van der Waals surface area contributed by atoms with E-state index in [9.17, 15) is 0 Å². The molecule has 116 valence electrons. The van der Waals surface area contributed by atoms with E-state index in [-0.39, 0.29) is 0 Å². The molecule has 21 heavy (non-hydrogen) atoms. The summed E-state index contributed by atoms with van der Waals surface area (Å²) in [4.78, 5) is 2.72. The monoisotopic (exact) mass is 286 g/mol. The average molecular weight is 286 g/mol. The fraction of sp³-hybridized carbons (Fsp3) is 0.684. The van der Waals surface area contributed by atoms with Gasteiger partial charge in [0.25, 0.3) is 0 Å². The van der Waals surface area contributed by atoms with Crippen LogP contribution in [0.25, 0.3) is 0 Å². The largest absolute Gasteiger partial charge is 0.365 e. The first-order valence-electron chi connectivity index (χ1n) is 8.94. The molecule has 1 aromatic rings. The Morgan fingerprint density at radius 2 is 2.05 bits per heavy atom. The van der Waals surface area contributed by atoms with Crippen LogP contribution < -0.4 is 10.2 Å². The summed E-state index contributed by atoms with van der Waals surface area (Å²) in [5, 5.41) is 3.76. The van der Waals surface area contributed by atoms with Crippen molar-refractivity contribution in [2.45, 2.75) is 70.9 Å². The Kier molecular flexibility index (Phi) is 4.84. The van der Waals surface area contributed by atoms with Gasteiger partial charge in [-0.25, -0.2) is 0 Å². The van der Waals surface area contributed by atoms with Gasteiger partial charge in [-0.2, -0.15) is 0 Å². The predicted molar refractivity (Wildman–Crippen MR) is 91.2 cm³/mol. The number of nitrogens with one attached hydrogen (secondary N) is 1. The zero-order valence-corrected chi connectivity index (χ0v) is 13.7. The summed E-state index contributed by atoms with van der Waals surface area (Å²) in [6, 6.07) is 8.33. The molecule has 1 N–H and O–H groups in total. The molecular weight excluding hydrogens is 256 g/mol. The lowest BCUT2D eigenvalue weighted by atomic mass is 9.89. The molecule has 2 heteroatoms. The van der Waals surface area contributed by atoms with Crippen molar-refractivity contribution >= 4 is 5.69 Å². The minimum absolute atomic E-state index is 0.659. The van der Waals surface area contributed by atoms with E-state index < -0.39 is 0 Å². The summed E-state index contributed by atoms with van der Waals surface area (Å²) in [7, 11) is 0. The van der Waals surface area contributed by atoms with Crippen molar-refractivity contribution in [3.8, 4) is 0 Å². The van der Waals surface area contributed by atoms with Crippen molar-refractivity contribution < 1.29 is 0 Å². The number of fused-ring (bicyclic) bond motifs is 1. The smallest absolute Gasteiger partial charge is 0.0412 e. The Labute approximate surface area is 129 Å². The van der Waals surface area contributed by atoms with Gasteiger partial charge in [0.1, 0.15) is 0 Å². The number of benzene rings is 1. The second-order valence-electron chi connectivity index (χ2n) is 6.73. The molecule has 2 unspecified atom stereocenters. The fourth-order valence-corrected chi connectivity index (χ4v) is 4.10. The highest BCUT2D eigenvalue weighted by molar-refractivity contribution is 5.59. The van der Waals surface area contributed by atoms with Crippen LogP contribution in [0.4, 0.5) is 5.69 Å². The number of hydrogen-bond donors (Lipinski definition) is 1. The Morgan fingerprint density at radius 3 is 2.86 bits per heavy atom. The SMILES string of the molecule is CCCC1CN(c2cccc3c2CCCC3)C(CC)CN1. The molecule has 0 radical (unpaired) electrons. The maximum atomic E-state index is 3.76. The number of aryl methyl sites for hydroxylation is 1. The van der Waals surface area contributed by atoms with Crippen molar-refractivity contribution in [1.82, 2.24) is 5.32 Å². The van der Waals surface area contributed by atoms with Crippen LogP contribution in [-0.2, 0) is 12.8 Å². The lowest BCUT2D eigenvalue weighted by Crippen LogP contribution is -2.56. The Balaban J connectivity index is 1.88. The minimum Gasteiger partial charge on any atom is -0.365 e. The van der Waals surface area contributed by atoms with Gasteiger partial charge < -0.3 is 10.2 Å². The molecule has 1 aliphatic heterocycles. The van der Waals surface area contributed by atoms with Crippen LogP contribution in [-0.4, -0.2) is 25.2 Å². The van der Waals surface area contributed by atoms with Gasteiger partial charge in [-0.05, 0) is 55.7 Å². The molecule has 0 amide bonds. The second-order valence-corrected chi connectivity index (χ2v) is 6.73. The standard InChI is InChI=1S/C19H30N2/c1-3-8-16-14-21(17(4-2)13-20-16)19-12-7-10-15-9-5-6-11-18(15)19/h7,10,12,16-17,20H,3-6,8-9,11,13-14H2,1-2H3. The number of anilines is 1. The predicted octanol–water partition coefficient (Wildman–Crippen LogP) is 3.92. The molecule has 2 nitrogen and oxygen atoms in total. The van der Waals surface area contributed by atoms with Gasteiger partial charge in [-0.1, -0.05) is 32.4 Å². The summed E-state index contributed by atoms with van der Waals surface area (Å²) in [5.74, 6) is 0. The van der Waals surface area contributed by atoms with E-state index in [1.807, 2.05) is 0 Å². The number of nitrogens with zero attached hydrogens (tertiary/aromatic N) is 1. The fourth-order valence-electron chi connectivity index (χ4n) is 4.10. The Morgan fingerprint density at radius 1 is 1.19 bits per heavy atom. The first-order chi connectivity index (χ1) is 10.3. The molecule has 0 saturated carbocycles. The normalized spacial score (nSPS) is 25.7. The lowest BCUT2D eigenvalue weighted by Gasteiger charge is -2.43. The first-order valence-corrected chi connectivity index (χ1v) is 8.94. The van der Waals surface area contributed by atoms with Gasteiger partial charge in [-0.15, -0.1) is 0 Å². The van der Waals surface area contributed by atoms with Crippen LogP contribution in [0.15, 0.2) is 18.2 Å². The van der Waals surface area contributed by atoms with Crippen molar-refractivity contribution in [2.24, 2.45) is 0 Å². The van der Waals surface area contributed by atoms with E-state index in [2.05, 4.69) is 42.3 Å². The second kappa shape index (κ2) is 6.83. The first kappa shape index (κ1) is 14.9. The molecule has 1 aromatic carbocycles. The molecule has 0 aromatic heterocycles. The van der Waals surface area contributed by atoms with Crippen LogP contribution in [0.2, 0.25) is 0 Å². The zero-order chi connectivity index (χ0) is 14.7. The summed E-state index contributed by atoms with van der Waals surface area (Å²) >= 11 is 0. The van der Waals surface area contributed by atoms with Crippen LogP contribution in [0.1, 0.15) is 57.1 Å².